The summed E-state index contributed by atoms with van der Waals surface area (Å²) in [5.74, 6) is -1.03. The molecule has 0 fully saturated rings. The molecule has 1 rings (SSSR count). The van der Waals surface area contributed by atoms with Crippen LogP contribution in [0.1, 0.15) is 6.92 Å². The van der Waals surface area contributed by atoms with Crippen LogP contribution in [-0.4, -0.2) is 47.9 Å². The van der Waals surface area contributed by atoms with E-state index >= 15 is 0 Å². The van der Waals surface area contributed by atoms with E-state index in [-0.39, 0.29) is 12.3 Å². The highest BCUT2D eigenvalue weighted by atomic mass is 32.2. The molecule has 1 unspecified atom stereocenters. The Labute approximate surface area is 125 Å². The van der Waals surface area contributed by atoms with Crippen LogP contribution < -0.4 is 5.32 Å². The summed E-state index contributed by atoms with van der Waals surface area (Å²) < 4.78 is 37.8. The van der Waals surface area contributed by atoms with E-state index in [9.17, 15) is 18.0 Å². The molecule has 1 aromatic rings. The summed E-state index contributed by atoms with van der Waals surface area (Å²) in [5, 5.41) is 11.5. The minimum atomic E-state index is -2.50. The predicted octanol–water partition coefficient (Wildman–Crippen LogP) is 3.03. The number of thioether (sulfide) groups is 1. The van der Waals surface area contributed by atoms with Gasteiger partial charge in [-0.15, -0.1) is 11.8 Å². The van der Waals surface area contributed by atoms with E-state index in [1.54, 1.807) is 6.92 Å². The van der Waals surface area contributed by atoms with Crippen molar-refractivity contribution in [2.24, 2.45) is 0 Å². The van der Waals surface area contributed by atoms with E-state index in [1.807, 2.05) is 0 Å². The lowest BCUT2D eigenvalue weighted by atomic mass is 10.3. The van der Waals surface area contributed by atoms with Crippen molar-refractivity contribution in [3.8, 4) is 0 Å². The molecule has 0 radical (unpaired) electrons. The monoisotopic (exact) mass is 322 g/mol. The van der Waals surface area contributed by atoms with Crippen LogP contribution in [0.5, 0.6) is 0 Å². The van der Waals surface area contributed by atoms with Gasteiger partial charge < -0.3 is 15.3 Å². The van der Waals surface area contributed by atoms with Gasteiger partial charge in [-0.25, -0.2) is 18.0 Å². The molecule has 0 aromatic heterocycles. The van der Waals surface area contributed by atoms with E-state index < -0.39 is 30.1 Å². The van der Waals surface area contributed by atoms with E-state index in [2.05, 4.69) is 5.32 Å². The first-order valence-electron chi connectivity index (χ1n) is 6.20. The van der Waals surface area contributed by atoms with Crippen molar-refractivity contribution >= 4 is 23.5 Å². The summed E-state index contributed by atoms with van der Waals surface area (Å²) in [7, 11) is 1.47. The Morgan fingerprint density at radius 1 is 1.48 bits per heavy atom. The van der Waals surface area contributed by atoms with Crippen molar-refractivity contribution in [3.05, 3.63) is 24.0 Å². The number of alkyl halides is 2. The van der Waals surface area contributed by atoms with Crippen LogP contribution in [0.15, 0.2) is 23.1 Å². The smallest absolute Gasteiger partial charge is 0.321 e. The Hall–Kier alpha value is -1.41. The molecule has 118 valence electrons. The summed E-state index contributed by atoms with van der Waals surface area (Å²) in [6, 6.07) is 2.58. The molecule has 0 aliphatic carbocycles. The number of nitrogens with zero attached hydrogens (tertiary/aromatic N) is 1. The zero-order valence-electron chi connectivity index (χ0n) is 11.6. The van der Waals surface area contributed by atoms with E-state index in [0.29, 0.717) is 4.90 Å². The molecule has 0 heterocycles. The quantitative estimate of drug-likeness (QED) is 0.792. The van der Waals surface area contributed by atoms with E-state index in [0.717, 1.165) is 23.9 Å². The van der Waals surface area contributed by atoms with Gasteiger partial charge in [0.2, 0.25) is 6.43 Å². The second-order valence-electron chi connectivity index (χ2n) is 4.42. The number of aliphatic hydroxyl groups excluding tert-OH is 1. The van der Waals surface area contributed by atoms with Gasteiger partial charge in [-0.1, -0.05) is 0 Å². The number of likely N-dealkylation sites (N-methyl/N-ethyl adjacent to an activating group) is 1. The van der Waals surface area contributed by atoms with Crippen molar-refractivity contribution in [1.29, 1.82) is 0 Å². The molecule has 1 atom stereocenters. The first-order valence-corrected chi connectivity index (χ1v) is 7.19. The first-order chi connectivity index (χ1) is 9.85. The number of nitrogens with one attached hydrogen (secondary N) is 1. The fraction of sp³-hybridized carbons (Fsp3) is 0.462. The van der Waals surface area contributed by atoms with Crippen LogP contribution in [0.25, 0.3) is 0 Å². The van der Waals surface area contributed by atoms with E-state index in [4.69, 9.17) is 5.11 Å². The second kappa shape index (κ2) is 8.14. The van der Waals surface area contributed by atoms with Gasteiger partial charge in [-0.2, -0.15) is 0 Å². The van der Waals surface area contributed by atoms with Crippen molar-refractivity contribution in [2.45, 2.75) is 24.3 Å². The van der Waals surface area contributed by atoms with Crippen LogP contribution >= 0.6 is 11.8 Å². The predicted molar refractivity (Wildman–Crippen MR) is 76.5 cm³/mol. The number of benzene rings is 1. The van der Waals surface area contributed by atoms with Crippen LogP contribution in [0.4, 0.5) is 23.7 Å². The molecule has 2 amide bonds. The Morgan fingerprint density at radius 2 is 2.14 bits per heavy atom. The number of hydrogen-bond donors (Lipinski definition) is 2. The van der Waals surface area contributed by atoms with Crippen molar-refractivity contribution in [2.75, 3.05) is 24.7 Å². The number of anilines is 1. The topological polar surface area (TPSA) is 52.6 Å². The van der Waals surface area contributed by atoms with Crippen LogP contribution in [0.2, 0.25) is 0 Å². The Morgan fingerprint density at radius 3 is 2.71 bits per heavy atom. The molecular weight excluding hydrogens is 305 g/mol. The fourth-order valence-electron chi connectivity index (χ4n) is 1.40. The number of hydrogen-bond acceptors (Lipinski definition) is 3. The molecule has 1 aromatic carbocycles. The molecular formula is C13H17F3N2O2S. The molecule has 0 aliphatic rings. The Balaban J connectivity index is 2.85. The zero-order valence-corrected chi connectivity index (χ0v) is 12.5. The third-order valence-corrected chi connectivity index (χ3v) is 3.88. The van der Waals surface area contributed by atoms with Gasteiger partial charge in [0, 0.05) is 11.9 Å². The summed E-state index contributed by atoms with van der Waals surface area (Å²) >= 11 is 0.832. The largest absolute Gasteiger partial charge is 0.394 e. The van der Waals surface area contributed by atoms with Gasteiger partial charge in [0.15, 0.2) is 0 Å². The lowest BCUT2D eigenvalue weighted by Crippen LogP contribution is -2.40. The SMILES string of the molecule is CC(CO)N(C)C(=O)Nc1cc(F)ccc1SCC(F)F. The summed E-state index contributed by atoms with van der Waals surface area (Å²) in [6.45, 7) is 1.41. The molecule has 0 aliphatic heterocycles. The van der Waals surface area contributed by atoms with Gasteiger partial charge in [0.05, 0.1) is 24.1 Å². The van der Waals surface area contributed by atoms with Crippen molar-refractivity contribution < 1.29 is 23.1 Å². The maximum absolute atomic E-state index is 13.3. The molecule has 0 saturated heterocycles. The number of amides is 2. The molecule has 2 N–H and O–H groups in total. The highest BCUT2D eigenvalue weighted by Crippen LogP contribution is 2.29. The summed E-state index contributed by atoms with van der Waals surface area (Å²) in [6.07, 6.45) is -2.50. The number of rotatable bonds is 6. The van der Waals surface area contributed by atoms with Crippen molar-refractivity contribution in [3.63, 3.8) is 0 Å². The maximum atomic E-state index is 13.3. The normalized spacial score (nSPS) is 12.3. The molecule has 21 heavy (non-hydrogen) atoms. The number of carbonyl (C=O) groups excluding carboxylic acids is 1. The van der Waals surface area contributed by atoms with E-state index in [1.165, 1.54) is 18.0 Å². The first kappa shape index (κ1) is 17.6. The third-order valence-electron chi connectivity index (χ3n) is 2.79. The number of halogens is 3. The number of aliphatic hydroxyl groups is 1. The molecule has 4 nitrogen and oxygen atoms in total. The molecule has 8 heteroatoms. The lowest BCUT2D eigenvalue weighted by molar-refractivity contribution is 0.166. The standard InChI is InChI=1S/C13H17F3N2O2S/c1-8(6-19)18(2)13(20)17-10-5-9(14)3-4-11(10)21-7-12(15)16/h3-5,8,12,19H,6-7H2,1-2H3,(H,17,20). The zero-order chi connectivity index (χ0) is 16.0. The van der Waals surface area contributed by atoms with Gasteiger partial charge in [-0.3, -0.25) is 0 Å². The molecule has 0 saturated carbocycles. The number of urea groups is 1. The summed E-state index contributed by atoms with van der Waals surface area (Å²) in [4.78, 5) is 13.5. The van der Waals surface area contributed by atoms with Crippen molar-refractivity contribution in [1.82, 2.24) is 4.90 Å². The maximum Gasteiger partial charge on any atom is 0.321 e. The highest BCUT2D eigenvalue weighted by molar-refractivity contribution is 7.99. The lowest BCUT2D eigenvalue weighted by Gasteiger charge is -2.24. The average molecular weight is 322 g/mol. The van der Waals surface area contributed by atoms with Gasteiger partial charge in [0.25, 0.3) is 0 Å². The fourth-order valence-corrected chi connectivity index (χ4v) is 2.14. The van der Waals surface area contributed by atoms with Crippen LogP contribution in [0, 0.1) is 5.82 Å². The van der Waals surface area contributed by atoms with Gasteiger partial charge >= 0.3 is 6.03 Å². The average Bonchev–Trinajstić information content (AvgIpc) is 2.44. The van der Waals surface area contributed by atoms with Gasteiger partial charge in [-0.05, 0) is 25.1 Å². The van der Waals surface area contributed by atoms with Gasteiger partial charge in [0.1, 0.15) is 5.82 Å². The molecule has 0 bridgehead atoms. The van der Waals surface area contributed by atoms with Crippen LogP contribution in [-0.2, 0) is 0 Å². The minimum absolute atomic E-state index is 0.127. The third kappa shape index (κ3) is 5.47. The number of carbonyl (C=O) groups is 1. The second-order valence-corrected chi connectivity index (χ2v) is 5.48. The summed E-state index contributed by atoms with van der Waals surface area (Å²) in [5.41, 5.74) is 0.127. The molecule has 0 spiro atoms. The Bertz CT molecular complexity index is 488. The Kier molecular flexibility index (Phi) is 6.83. The highest BCUT2D eigenvalue weighted by Gasteiger charge is 2.17. The van der Waals surface area contributed by atoms with Crippen LogP contribution in [0.3, 0.4) is 0 Å². The minimum Gasteiger partial charge on any atom is -0.394 e.